The normalized spacial score (nSPS) is 10.2. The zero-order valence-electron chi connectivity index (χ0n) is 13.3. The molecule has 3 aromatic carbocycles. The van der Waals surface area contributed by atoms with Gasteiger partial charge < -0.3 is 10.2 Å². The molecule has 0 aliphatic heterocycles. The topological polar surface area (TPSA) is 57.5 Å². The zero-order chi connectivity index (χ0) is 19.1. The number of hydrogen-bond donors (Lipinski definition) is 2. The Hall–Kier alpha value is -2.40. The minimum atomic E-state index is -2.65. The van der Waals surface area contributed by atoms with Crippen molar-refractivity contribution >= 4 is 37.7 Å². The van der Waals surface area contributed by atoms with Crippen LogP contribution in [0.15, 0.2) is 72.8 Å². The van der Waals surface area contributed by atoms with Crippen LogP contribution in [0.5, 0.6) is 0 Å². The Kier molecular flexibility index (Phi) is 7.16. The number of halogens is 3. The SMILES string of the molecule is Fc1cc[c]([Bi]([c]2ccc(F)cc2)[c]2ccc(F)cc2)cc1.O=C(O)O. The summed E-state index contributed by atoms with van der Waals surface area (Å²) in [6, 6.07) is 19.3. The molecule has 0 amide bonds. The van der Waals surface area contributed by atoms with E-state index >= 15 is 0 Å². The molecule has 0 radical (unpaired) electrons. The summed E-state index contributed by atoms with van der Waals surface area (Å²) >= 11 is -2.65. The van der Waals surface area contributed by atoms with Gasteiger partial charge in [0.2, 0.25) is 0 Å². The fraction of sp³-hybridized carbons (Fsp3) is 0. The van der Waals surface area contributed by atoms with Gasteiger partial charge in [0.15, 0.2) is 0 Å². The van der Waals surface area contributed by atoms with Gasteiger partial charge in [-0.3, -0.25) is 0 Å². The van der Waals surface area contributed by atoms with Gasteiger partial charge in [-0.2, -0.15) is 0 Å². The Bertz CT molecular complexity index is 739. The molecule has 26 heavy (non-hydrogen) atoms. The molecule has 0 aromatic heterocycles. The molecule has 0 unspecified atom stereocenters. The zero-order valence-corrected chi connectivity index (χ0v) is 16.8. The summed E-state index contributed by atoms with van der Waals surface area (Å²) < 4.78 is 42.7. The quantitative estimate of drug-likeness (QED) is 0.489. The Morgan fingerprint density at radius 1 is 0.577 bits per heavy atom. The van der Waals surface area contributed by atoms with Crippen molar-refractivity contribution in [1.29, 1.82) is 0 Å². The Morgan fingerprint density at radius 2 is 0.769 bits per heavy atom. The molecule has 0 heterocycles. The first-order valence-corrected chi connectivity index (χ1v) is 12.6. The summed E-state index contributed by atoms with van der Waals surface area (Å²) in [7, 11) is 0. The summed E-state index contributed by atoms with van der Waals surface area (Å²) in [4.78, 5) is 8.56. The summed E-state index contributed by atoms with van der Waals surface area (Å²) in [5.74, 6) is -0.859. The maximum Gasteiger partial charge on any atom is 0.503 e. The van der Waals surface area contributed by atoms with E-state index in [9.17, 15) is 13.2 Å². The van der Waals surface area contributed by atoms with Crippen LogP contribution in [0.25, 0.3) is 0 Å². The van der Waals surface area contributed by atoms with Crippen molar-refractivity contribution in [2.24, 2.45) is 0 Å². The number of rotatable bonds is 3. The molecular formula is C19H14BiF3O3. The van der Waals surface area contributed by atoms with E-state index in [-0.39, 0.29) is 17.5 Å². The van der Waals surface area contributed by atoms with E-state index in [1.807, 2.05) is 0 Å². The van der Waals surface area contributed by atoms with Gasteiger partial charge in [0.05, 0.1) is 0 Å². The van der Waals surface area contributed by atoms with Gasteiger partial charge in [0.25, 0.3) is 0 Å². The van der Waals surface area contributed by atoms with Crippen LogP contribution in [0, 0.1) is 17.5 Å². The molecule has 0 spiro atoms. The van der Waals surface area contributed by atoms with E-state index < -0.39 is 27.9 Å². The smallest absolute Gasteiger partial charge is 0.450 e. The fourth-order valence-electron chi connectivity index (χ4n) is 2.22. The van der Waals surface area contributed by atoms with Gasteiger partial charge in [-0.25, -0.2) is 4.79 Å². The first-order chi connectivity index (χ1) is 12.4. The molecule has 2 N–H and O–H groups in total. The first-order valence-electron chi connectivity index (χ1n) is 7.35. The van der Waals surface area contributed by atoms with Crippen LogP contribution in [0.1, 0.15) is 0 Å². The van der Waals surface area contributed by atoms with Crippen LogP contribution < -0.4 is 9.81 Å². The van der Waals surface area contributed by atoms with Gasteiger partial charge in [-0.05, 0) is 0 Å². The van der Waals surface area contributed by atoms with Gasteiger partial charge >= 0.3 is 141 Å². The fourth-order valence-corrected chi connectivity index (χ4v) is 10.9. The van der Waals surface area contributed by atoms with E-state index in [0.717, 1.165) is 9.81 Å². The molecule has 0 bridgehead atoms. The van der Waals surface area contributed by atoms with Crippen molar-refractivity contribution < 1.29 is 28.2 Å². The Balaban J connectivity index is 0.000000552. The molecule has 7 heteroatoms. The number of carboxylic acid groups (broad SMARTS) is 2. The molecule has 3 nitrogen and oxygen atoms in total. The van der Waals surface area contributed by atoms with Gasteiger partial charge in [0, 0.05) is 0 Å². The van der Waals surface area contributed by atoms with Gasteiger partial charge in [-0.1, -0.05) is 0 Å². The number of carbonyl (C=O) groups is 1. The molecule has 0 aliphatic carbocycles. The second-order valence-corrected chi connectivity index (χ2v) is 13.7. The Morgan fingerprint density at radius 3 is 0.962 bits per heavy atom. The Labute approximate surface area is 156 Å². The van der Waals surface area contributed by atoms with Crippen molar-refractivity contribution in [2.75, 3.05) is 0 Å². The monoisotopic (exact) mass is 556 g/mol. The van der Waals surface area contributed by atoms with E-state index in [1.165, 1.54) is 36.4 Å². The molecular weight excluding hydrogens is 542 g/mol. The second kappa shape index (κ2) is 9.34. The molecule has 0 fully saturated rings. The number of benzene rings is 3. The van der Waals surface area contributed by atoms with E-state index in [1.54, 1.807) is 36.4 Å². The minimum absolute atomic E-state index is 0.286. The van der Waals surface area contributed by atoms with E-state index in [2.05, 4.69) is 0 Å². The summed E-state index contributed by atoms with van der Waals surface area (Å²) in [5.41, 5.74) is 0. The molecule has 0 atom stereocenters. The molecule has 0 saturated carbocycles. The third-order valence-electron chi connectivity index (χ3n) is 3.25. The molecule has 0 saturated heterocycles. The van der Waals surface area contributed by atoms with Crippen molar-refractivity contribution in [3.05, 3.63) is 90.2 Å². The third kappa shape index (κ3) is 5.85. The second-order valence-electron chi connectivity index (χ2n) is 5.05. The number of hydrogen-bond acceptors (Lipinski definition) is 1. The summed E-state index contributed by atoms with van der Waals surface area (Å²) in [5, 5.41) is 13.9. The summed E-state index contributed by atoms with van der Waals surface area (Å²) in [6.07, 6.45) is -1.83. The maximum atomic E-state index is 13.2. The van der Waals surface area contributed by atoms with Crippen molar-refractivity contribution in [2.45, 2.75) is 0 Å². The molecule has 0 aliphatic rings. The van der Waals surface area contributed by atoms with Crippen LogP contribution in [-0.2, 0) is 0 Å². The van der Waals surface area contributed by atoms with Crippen LogP contribution in [0.3, 0.4) is 0 Å². The van der Waals surface area contributed by atoms with Crippen molar-refractivity contribution in [1.82, 2.24) is 0 Å². The predicted molar refractivity (Wildman–Crippen MR) is 94.5 cm³/mol. The summed E-state index contributed by atoms with van der Waals surface area (Å²) in [6.45, 7) is 0. The third-order valence-corrected chi connectivity index (χ3v) is 12.8. The first kappa shape index (κ1) is 19.9. The van der Waals surface area contributed by atoms with Crippen molar-refractivity contribution in [3.63, 3.8) is 0 Å². The maximum absolute atomic E-state index is 13.2. The van der Waals surface area contributed by atoms with Crippen LogP contribution in [0.4, 0.5) is 18.0 Å². The van der Waals surface area contributed by atoms with Crippen molar-refractivity contribution in [3.8, 4) is 0 Å². The van der Waals surface area contributed by atoms with E-state index in [4.69, 9.17) is 15.0 Å². The molecule has 134 valence electrons. The minimum Gasteiger partial charge on any atom is -0.450 e. The van der Waals surface area contributed by atoms with Crippen LogP contribution in [-0.4, -0.2) is 38.1 Å². The van der Waals surface area contributed by atoms with Crippen LogP contribution in [0.2, 0.25) is 0 Å². The van der Waals surface area contributed by atoms with E-state index in [0.29, 0.717) is 0 Å². The largest absolute Gasteiger partial charge is 0.503 e. The van der Waals surface area contributed by atoms with Gasteiger partial charge in [0.1, 0.15) is 0 Å². The van der Waals surface area contributed by atoms with Crippen LogP contribution >= 0.6 is 0 Å². The predicted octanol–water partition coefficient (Wildman–Crippen LogP) is 2.84. The molecule has 3 aromatic rings. The average Bonchev–Trinajstić information content (AvgIpc) is 2.60. The standard InChI is InChI=1S/3C6H4F.CH2O3.Bi/c3*7-6-4-2-1-3-5-6;2-1(3)4;/h3*2-5H;(H2,2,3,4);. The van der Waals surface area contributed by atoms with Gasteiger partial charge in [-0.15, -0.1) is 0 Å². The average molecular weight is 556 g/mol. The molecule has 3 rings (SSSR count).